The van der Waals surface area contributed by atoms with Crippen LogP contribution in [0.2, 0.25) is 0 Å². The largest absolute Gasteiger partial charge is 0.478 e. The van der Waals surface area contributed by atoms with Gasteiger partial charge in [0, 0.05) is 24.7 Å². The highest BCUT2D eigenvalue weighted by Crippen LogP contribution is 2.31. The molecule has 0 fully saturated rings. The second-order valence-electron chi connectivity index (χ2n) is 6.23. The number of carboxylic acids is 1. The molecule has 0 atom stereocenters. The van der Waals surface area contributed by atoms with Gasteiger partial charge in [0.25, 0.3) is 0 Å². The number of hydrogen-bond acceptors (Lipinski definition) is 4. The summed E-state index contributed by atoms with van der Waals surface area (Å²) in [7, 11) is 1.83. The van der Waals surface area contributed by atoms with Crippen LogP contribution in [0.4, 0.5) is 14.6 Å². The van der Waals surface area contributed by atoms with Crippen LogP contribution in [0, 0.1) is 11.6 Å². The van der Waals surface area contributed by atoms with Gasteiger partial charge in [0.15, 0.2) is 5.82 Å². The molecule has 0 saturated carbocycles. The average molecular weight is 357 g/mol. The fourth-order valence-corrected chi connectivity index (χ4v) is 2.52. The Morgan fingerprint density at radius 3 is 2.27 bits per heavy atom. The van der Waals surface area contributed by atoms with Gasteiger partial charge in [-0.25, -0.2) is 23.5 Å². The van der Waals surface area contributed by atoms with E-state index in [4.69, 9.17) is 5.11 Å². The topological polar surface area (TPSA) is 66.3 Å². The van der Waals surface area contributed by atoms with Crippen LogP contribution in [0.15, 0.2) is 36.4 Å². The molecule has 134 valence electrons. The Bertz CT molecular complexity index is 988. The molecule has 0 radical (unpaired) electrons. The Hall–Kier alpha value is -3.09. The first-order chi connectivity index (χ1) is 12.3. The zero-order chi connectivity index (χ0) is 19.0. The Morgan fingerprint density at radius 2 is 1.69 bits per heavy atom. The molecular weight excluding hydrogens is 340 g/mol. The second-order valence-corrected chi connectivity index (χ2v) is 6.23. The molecule has 26 heavy (non-hydrogen) atoms. The lowest BCUT2D eigenvalue weighted by Gasteiger charge is -2.25. The van der Waals surface area contributed by atoms with Gasteiger partial charge in [0.05, 0.1) is 16.6 Å². The lowest BCUT2D eigenvalue weighted by Crippen LogP contribution is -2.27. The molecule has 0 aliphatic carbocycles. The van der Waals surface area contributed by atoms with Crippen molar-refractivity contribution in [2.45, 2.75) is 19.9 Å². The van der Waals surface area contributed by atoms with Crippen molar-refractivity contribution < 1.29 is 18.7 Å². The fraction of sp³-hybridized carbons (Fsp3) is 0.211. The molecule has 0 bridgehead atoms. The highest BCUT2D eigenvalue weighted by molar-refractivity contribution is 5.93. The van der Waals surface area contributed by atoms with Crippen molar-refractivity contribution in [3.05, 3.63) is 53.6 Å². The van der Waals surface area contributed by atoms with E-state index in [0.29, 0.717) is 17.1 Å². The predicted octanol–water partition coefficient (Wildman–Crippen LogP) is 4.12. The summed E-state index contributed by atoms with van der Waals surface area (Å²) in [5.74, 6) is -2.12. The standard InChI is InChI=1S/C19H17F2N3O2/c1-10(2)24(3)18-17(11-4-6-12(20)7-5-11)22-16-9-14(21)13(19(25)26)8-15(16)23-18/h4-10H,1-3H3,(H,25,26). The molecule has 2 aromatic carbocycles. The Morgan fingerprint density at radius 1 is 1.08 bits per heavy atom. The summed E-state index contributed by atoms with van der Waals surface area (Å²) in [5.41, 5.74) is 1.14. The number of hydrogen-bond donors (Lipinski definition) is 1. The monoisotopic (exact) mass is 357 g/mol. The van der Waals surface area contributed by atoms with Crippen LogP contribution in [0.3, 0.4) is 0 Å². The van der Waals surface area contributed by atoms with Gasteiger partial charge >= 0.3 is 5.97 Å². The van der Waals surface area contributed by atoms with Crippen LogP contribution in [0.5, 0.6) is 0 Å². The van der Waals surface area contributed by atoms with E-state index in [9.17, 15) is 13.6 Å². The summed E-state index contributed by atoms with van der Waals surface area (Å²) in [6.07, 6.45) is 0. The van der Waals surface area contributed by atoms with Crippen molar-refractivity contribution >= 4 is 22.8 Å². The Labute approximate surface area is 148 Å². The van der Waals surface area contributed by atoms with Gasteiger partial charge in [0.1, 0.15) is 17.3 Å². The van der Waals surface area contributed by atoms with E-state index in [1.807, 2.05) is 25.8 Å². The van der Waals surface area contributed by atoms with Crippen LogP contribution in [0.25, 0.3) is 22.3 Å². The molecular formula is C19H17F2N3O2. The molecule has 0 spiro atoms. The third-order valence-electron chi connectivity index (χ3n) is 4.19. The third-order valence-corrected chi connectivity index (χ3v) is 4.19. The van der Waals surface area contributed by atoms with E-state index in [1.165, 1.54) is 18.2 Å². The highest BCUT2D eigenvalue weighted by atomic mass is 19.1. The third kappa shape index (κ3) is 3.20. The van der Waals surface area contributed by atoms with Crippen LogP contribution in [-0.2, 0) is 0 Å². The molecule has 7 heteroatoms. The van der Waals surface area contributed by atoms with Crippen LogP contribution < -0.4 is 4.90 Å². The average Bonchev–Trinajstić information content (AvgIpc) is 2.60. The minimum atomic E-state index is -1.37. The number of aromatic carboxylic acids is 1. The zero-order valence-electron chi connectivity index (χ0n) is 14.5. The van der Waals surface area contributed by atoms with Gasteiger partial charge < -0.3 is 10.0 Å². The quantitative estimate of drug-likeness (QED) is 0.761. The van der Waals surface area contributed by atoms with Crippen LogP contribution in [-0.4, -0.2) is 34.1 Å². The molecule has 0 aliphatic rings. The first-order valence-corrected chi connectivity index (χ1v) is 8.01. The van der Waals surface area contributed by atoms with E-state index in [1.54, 1.807) is 12.1 Å². The number of nitrogens with zero attached hydrogens (tertiary/aromatic N) is 3. The van der Waals surface area contributed by atoms with Gasteiger partial charge in [-0.2, -0.15) is 0 Å². The summed E-state index contributed by atoms with van der Waals surface area (Å²) in [6.45, 7) is 3.93. The van der Waals surface area contributed by atoms with Crippen molar-refractivity contribution in [2.24, 2.45) is 0 Å². The maximum atomic E-state index is 14.0. The molecule has 0 amide bonds. The number of rotatable bonds is 4. The lowest BCUT2D eigenvalue weighted by molar-refractivity contribution is 0.0692. The van der Waals surface area contributed by atoms with Crippen molar-refractivity contribution in [3.63, 3.8) is 0 Å². The van der Waals surface area contributed by atoms with Crippen molar-refractivity contribution in [1.29, 1.82) is 0 Å². The normalized spacial score (nSPS) is 11.2. The van der Waals surface area contributed by atoms with Crippen molar-refractivity contribution in [2.75, 3.05) is 11.9 Å². The van der Waals surface area contributed by atoms with E-state index in [2.05, 4.69) is 9.97 Å². The van der Waals surface area contributed by atoms with E-state index in [-0.39, 0.29) is 22.9 Å². The number of aromatic nitrogens is 2. The number of anilines is 1. The number of benzene rings is 2. The molecule has 3 rings (SSSR count). The smallest absolute Gasteiger partial charge is 0.338 e. The number of halogens is 2. The minimum absolute atomic E-state index is 0.0836. The minimum Gasteiger partial charge on any atom is -0.478 e. The van der Waals surface area contributed by atoms with E-state index in [0.717, 1.165) is 6.07 Å². The maximum absolute atomic E-state index is 14.0. The van der Waals surface area contributed by atoms with Crippen molar-refractivity contribution in [1.82, 2.24) is 9.97 Å². The molecule has 0 unspecified atom stereocenters. The summed E-state index contributed by atoms with van der Waals surface area (Å²) in [4.78, 5) is 22.0. The van der Waals surface area contributed by atoms with E-state index < -0.39 is 17.3 Å². The number of carbonyl (C=O) groups is 1. The molecule has 0 saturated heterocycles. The Balaban J connectivity index is 2.30. The summed E-state index contributed by atoms with van der Waals surface area (Å²) >= 11 is 0. The maximum Gasteiger partial charge on any atom is 0.338 e. The summed E-state index contributed by atoms with van der Waals surface area (Å²) < 4.78 is 27.3. The molecule has 0 aliphatic heterocycles. The SMILES string of the molecule is CC(C)N(C)c1nc2cc(C(=O)O)c(F)cc2nc1-c1ccc(F)cc1. The van der Waals surface area contributed by atoms with Gasteiger partial charge in [-0.05, 0) is 44.2 Å². The summed E-state index contributed by atoms with van der Waals surface area (Å²) in [5, 5.41) is 9.12. The van der Waals surface area contributed by atoms with Gasteiger partial charge in [-0.15, -0.1) is 0 Å². The summed E-state index contributed by atoms with van der Waals surface area (Å²) in [6, 6.07) is 8.09. The zero-order valence-corrected chi connectivity index (χ0v) is 14.5. The van der Waals surface area contributed by atoms with Gasteiger partial charge in [0.2, 0.25) is 0 Å². The first kappa shape index (κ1) is 17.7. The highest BCUT2D eigenvalue weighted by Gasteiger charge is 2.19. The van der Waals surface area contributed by atoms with Gasteiger partial charge in [-0.1, -0.05) is 0 Å². The molecule has 1 N–H and O–H groups in total. The molecule has 1 heterocycles. The van der Waals surface area contributed by atoms with Gasteiger partial charge in [-0.3, -0.25) is 0 Å². The lowest BCUT2D eigenvalue weighted by atomic mass is 10.1. The van der Waals surface area contributed by atoms with Crippen LogP contribution >= 0.6 is 0 Å². The Kier molecular flexibility index (Phi) is 4.54. The number of fused-ring (bicyclic) bond motifs is 1. The molecule has 3 aromatic rings. The second kappa shape index (κ2) is 6.67. The molecule has 5 nitrogen and oxygen atoms in total. The first-order valence-electron chi connectivity index (χ1n) is 8.01. The predicted molar refractivity (Wildman–Crippen MR) is 95.4 cm³/mol. The van der Waals surface area contributed by atoms with Crippen molar-refractivity contribution in [3.8, 4) is 11.3 Å². The van der Waals surface area contributed by atoms with Crippen LogP contribution in [0.1, 0.15) is 24.2 Å². The fourth-order valence-electron chi connectivity index (χ4n) is 2.52. The van der Waals surface area contributed by atoms with E-state index >= 15 is 0 Å². The molecule has 1 aromatic heterocycles. The number of carboxylic acid groups (broad SMARTS) is 1.